The summed E-state index contributed by atoms with van der Waals surface area (Å²) in [7, 11) is 1.15. The molecule has 70 heavy (non-hydrogen) atoms. The molecule has 0 aliphatic heterocycles. The maximum Gasteiger partial charge on any atom is 0.306 e. The van der Waals surface area contributed by atoms with Gasteiger partial charge in [0, 0.05) is 12.8 Å². The van der Waals surface area contributed by atoms with Crippen LogP contribution in [0.5, 0.6) is 0 Å². The van der Waals surface area contributed by atoms with Crippen molar-refractivity contribution in [1.29, 1.82) is 0 Å². The highest BCUT2D eigenvalue weighted by Gasteiger charge is 2.27. The standard InChI is InChI=1S/C60H109N2O7P/c1-7-10-13-16-19-22-25-27-29-31-33-35-38-41-44-47-50-53-60(64)69-58(51-48-45-42-39-36-24-21-18-15-12-9-3)57(56-68-70(65,66)67-55-54-62(4,5)6)61-59(63)52-49-46-43-40-37-34-32-30-28-26-23-20-17-14-11-8-2/h10,13,19,22,27,29,33,35,41,44,48,51,57-58H,7-9,11-12,14-18,20-21,23-26,28,30-32,34,36-40,42-43,45-47,49-50,52-56H2,1-6H3,(H-,61,63,65,66)/b13-10-,22-19-,29-27-,35-33-,44-41-,51-48+. The van der Waals surface area contributed by atoms with Gasteiger partial charge in [-0.1, -0.05) is 235 Å². The molecule has 1 amide bonds. The van der Waals surface area contributed by atoms with Crippen LogP contribution in [0.2, 0.25) is 0 Å². The number of hydrogen-bond donors (Lipinski definition) is 1. The minimum absolute atomic E-state index is 0.0322. The summed E-state index contributed by atoms with van der Waals surface area (Å²) < 4.78 is 30.2. The molecule has 0 saturated heterocycles. The van der Waals surface area contributed by atoms with E-state index in [1.54, 1.807) is 0 Å². The van der Waals surface area contributed by atoms with E-state index in [4.69, 9.17) is 13.8 Å². The summed E-state index contributed by atoms with van der Waals surface area (Å²) in [5.74, 6) is -0.607. The Kier molecular flexibility index (Phi) is 48.2. The Bertz CT molecular complexity index is 1430. The van der Waals surface area contributed by atoms with Crippen LogP contribution in [0.25, 0.3) is 0 Å². The molecule has 9 nitrogen and oxygen atoms in total. The Morgan fingerprint density at radius 3 is 1.39 bits per heavy atom. The number of unbranched alkanes of at least 4 members (excludes halogenated alkanes) is 25. The average molecular weight is 1000 g/mol. The summed E-state index contributed by atoms with van der Waals surface area (Å²) >= 11 is 0. The van der Waals surface area contributed by atoms with Gasteiger partial charge in [0.05, 0.1) is 33.8 Å². The Morgan fingerprint density at radius 1 is 0.514 bits per heavy atom. The quantitative estimate of drug-likeness (QED) is 0.0212. The molecular formula is C60H109N2O7P. The van der Waals surface area contributed by atoms with Gasteiger partial charge in [-0.2, -0.15) is 0 Å². The molecule has 10 heteroatoms. The van der Waals surface area contributed by atoms with Crippen LogP contribution < -0.4 is 10.2 Å². The Hall–Kier alpha value is -2.55. The van der Waals surface area contributed by atoms with E-state index in [9.17, 15) is 19.0 Å². The fraction of sp³-hybridized carbons (Fsp3) is 0.767. The van der Waals surface area contributed by atoms with E-state index in [1.807, 2.05) is 33.3 Å². The third-order valence-electron chi connectivity index (χ3n) is 12.4. The second-order valence-corrected chi connectivity index (χ2v) is 21.8. The molecule has 1 N–H and O–H groups in total. The van der Waals surface area contributed by atoms with Crippen molar-refractivity contribution >= 4 is 19.7 Å². The Morgan fingerprint density at radius 2 is 0.929 bits per heavy atom. The molecule has 0 aliphatic carbocycles. The summed E-state index contributed by atoms with van der Waals surface area (Å²) in [6.45, 7) is 6.69. The van der Waals surface area contributed by atoms with Crippen molar-refractivity contribution in [2.24, 2.45) is 0 Å². The van der Waals surface area contributed by atoms with Gasteiger partial charge >= 0.3 is 5.97 Å². The van der Waals surface area contributed by atoms with Crippen LogP contribution in [0.1, 0.15) is 245 Å². The number of carbonyl (C=O) groups excluding carboxylic acids is 2. The van der Waals surface area contributed by atoms with Gasteiger partial charge in [-0.25, -0.2) is 0 Å². The lowest BCUT2D eigenvalue weighted by Crippen LogP contribution is -2.47. The molecule has 3 unspecified atom stereocenters. The molecule has 0 radical (unpaired) electrons. The van der Waals surface area contributed by atoms with E-state index in [-0.39, 0.29) is 18.9 Å². The topological polar surface area (TPSA) is 114 Å². The van der Waals surface area contributed by atoms with Gasteiger partial charge in [0.15, 0.2) is 0 Å². The van der Waals surface area contributed by atoms with Crippen molar-refractivity contribution in [3.05, 3.63) is 72.9 Å². The number of ether oxygens (including phenoxy) is 1. The monoisotopic (exact) mass is 1000 g/mol. The van der Waals surface area contributed by atoms with Gasteiger partial charge in [-0.3, -0.25) is 14.2 Å². The van der Waals surface area contributed by atoms with Crippen LogP contribution in [0.4, 0.5) is 0 Å². The number of nitrogens with zero attached hydrogens (tertiary/aromatic N) is 1. The van der Waals surface area contributed by atoms with Crippen molar-refractivity contribution in [1.82, 2.24) is 5.32 Å². The highest BCUT2D eigenvalue weighted by Crippen LogP contribution is 2.38. The van der Waals surface area contributed by atoms with Crippen molar-refractivity contribution in [2.75, 3.05) is 40.9 Å². The Balaban J connectivity index is 5.40. The van der Waals surface area contributed by atoms with Gasteiger partial charge in [0.1, 0.15) is 19.3 Å². The number of allylic oxidation sites excluding steroid dienone is 11. The number of hydrogen-bond acceptors (Lipinski definition) is 7. The van der Waals surface area contributed by atoms with E-state index in [2.05, 4.69) is 86.8 Å². The van der Waals surface area contributed by atoms with Crippen molar-refractivity contribution in [2.45, 2.75) is 258 Å². The number of amides is 1. The van der Waals surface area contributed by atoms with E-state index < -0.39 is 32.5 Å². The zero-order valence-electron chi connectivity index (χ0n) is 46.2. The van der Waals surface area contributed by atoms with Crippen LogP contribution in [0.15, 0.2) is 72.9 Å². The lowest BCUT2D eigenvalue weighted by Gasteiger charge is -2.30. The van der Waals surface area contributed by atoms with E-state index in [0.29, 0.717) is 23.9 Å². The van der Waals surface area contributed by atoms with Crippen LogP contribution >= 0.6 is 7.82 Å². The normalized spacial score (nSPS) is 14.3. The lowest BCUT2D eigenvalue weighted by atomic mass is 10.0. The predicted molar refractivity (Wildman–Crippen MR) is 298 cm³/mol. The summed E-state index contributed by atoms with van der Waals surface area (Å²) in [5, 5.41) is 3.01. The number of carbonyl (C=O) groups is 2. The highest BCUT2D eigenvalue weighted by molar-refractivity contribution is 7.45. The minimum atomic E-state index is -4.71. The Labute approximate surface area is 432 Å². The zero-order chi connectivity index (χ0) is 51.5. The average Bonchev–Trinajstić information content (AvgIpc) is 3.32. The number of esters is 1. The molecule has 0 spiro atoms. The van der Waals surface area contributed by atoms with E-state index >= 15 is 0 Å². The molecule has 0 fully saturated rings. The van der Waals surface area contributed by atoms with Crippen LogP contribution in [0.3, 0.4) is 0 Å². The molecule has 0 aromatic carbocycles. The first-order valence-corrected chi connectivity index (χ1v) is 30.2. The number of quaternary nitrogens is 1. The first-order valence-electron chi connectivity index (χ1n) is 28.7. The largest absolute Gasteiger partial charge is 0.756 e. The molecular weight excluding hydrogens is 892 g/mol. The number of phosphoric ester groups is 1. The van der Waals surface area contributed by atoms with Crippen molar-refractivity contribution < 1.29 is 37.3 Å². The molecule has 406 valence electrons. The van der Waals surface area contributed by atoms with Gasteiger partial charge in [0.25, 0.3) is 7.82 Å². The van der Waals surface area contributed by atoms with Crippen molar-refractivity contribution in [3.8, 4) is 0 Å². The lowest BCUT2D eigenvalue weighted by molar-refractivity contribution is -0.870. The summed E-state index contributed by atoms with van der Waals surface area (Å²) in [4.78, 5) is 39.8. The van der Waals surface area contributed by atoms with Crippen LogP contribution in [0, 0.1) is 0 Å². The second-order valence-electron chi connectivity index (χ2n) is 20.4. The fourth-order valence-corrected chi connectivity index (χ4v) is 8.69. The second kappa shape index (κ2) is 50.0. The first kappa shape index (κ1) is 67.5. The smallest absolute Gasteiger partial charge is 0.306 e. The number of nitrogens with one attached hydrogen (secondary N) is 1. The highest BCUT2D eigenvalue weighted by atomic mass is 31.2. The SMILES string of the molecule is CC/C=C\C/C=C\C/C=C\C/C=C\C/C=C\CCCC(=O)OC(/C=C/CCCCCCCCCCC)C(COP(=O)([O-])OCC[N+](C)(C)C)NC(=O)CCCCCCCCCCCCCCCCCC. The van der Waals surface area contributed by atoms with Gasteiger partial charge in [0.2, 0.25) is 5.91 Å². The minimum Gasteiger partial charge on any atom is -0.756 e. The van der Waals surface area contributed by atoms with E-state index in [0.717, 1.165) is 77.0 Å². The fourth-order valence-electron chi connectivity index (χ4n) is 7.97. The first-order chi connectivity index (χ1) is 33.9. The molecule has 0 heterocycles. The molecule has 0 aliphatic rings. The number of phosphoric acid groups is 1. The molecule has 0 saturated carbocycles. The number of rotatable bonds is 51. The van der Waals surface area contributed by atoms with Gasteiger partial charge in [-0.05, 0) is 70.3 Å². The molecule has 0 bridgehead atoms. The maximum absolute atomic E-state index is 13.5. The van der Waals surface area contributed by atoms with E-state index in [1.165, 1.54) is 128 Å². The van der Waals surface area contributed by atoms with Gasteiger partial charge in [-0.15, -0.1) is 0 Å². The molecule has 0 rings (SSSR count). The summed E-state index contributed by atoms with van der Waals surface area (Å²) in [6, 6.07) is -0.910. The number of likely N-dealkylation sites (N-methyl/N-ethyl adjacent to an activating group) is 1. The third-order valence-corrected chi connectivity index (χ3v) is 13.4. The maximum atomic E-state index is 13.5. The predicted octanol–water partition coefficient (Wildman–Crippen LogP) is 16.6. The zero-order valence-corrected chi connectivity index (χ0v) is 47.1. The summed E-state index contributed by atoms with van der Waals surface area (Å²) in [6.07, 6.45) is 63.0. The van der Waals surface area contributed by atoms with Gasteiger partial charge < -0.3 is 28.5 Å². The summed E-state index contributed by atoms with van der Waals surface area (Å²) in [5.41, 5.74) is 0. The van der Waals surface area contributed by atoms with Crippen LogP contribution in [-0.4, -0.2) is 69.4 Å². The third kappa shape index (κ3) is 50.4. The molecule has 0 aromatic heterocycles. The van der Waals surface area contributed by atoms with Crippen molar-refractivity contribution in [3.63, 3.8) is 0 Å². The molecule has 3 atom stereocenters. The van der Waals surface area contributed by atoms with Crippen LogP contribution in [-0.2, 0) is 27.9 Å². The molecule has 0 aromatic rings.